The third-order valence-corrected chi connectivity index (χ3v) is 8.00. The molecule has 0 aromatic carbocycles. The lowest BCUT2D eigenvalue weighted by atomic mass is 9.94. The van der Waals surface area contributed by atoms with E-state index in [-0.39, 0.29) is 0 Å². The summed E-state index contributed by atoms with van der Waals surface area (Å²) in [5.74, 6) is 4.63. The Hall–Kier alpha value is 0.620. The van der Waals surface area contributed by atoms with Crippen molar-refractivity contribution in [1.29, 1.82) is 0 Å². The van der Waals surface area contributed by atoms with Crippen molar-refractivity contribution in [3.63, 3.8) is 0 Å². The van der Waals surface area contributed by atoms with Crippen LogP contribution < -0.4 is 0 Å². The largest absolute Gasteiger partial charge is 0.302 e. The zero-order valence-electron chi connectivity index (χ0n) is 14.8. The van der Waals surface area contributed by atoms with E-state index in [2.05, 4.69) is 45.2 Å². The highest BCUT2D eigenvalue weighted by Gasteiger charge is 2.18. The van der Waals surface area contributed by atoms with Gasteiger partial charge >= 0.3 is 0 Å². The lowest BCUT2D eigenvalue weighted by Gasteiger charge is -2.31. The molecule has 0 aromatic rings. The van der Waals surface area contributed by atoms with Crippen molar-refractivity contribution in [2.45, 2.75) is 52.4 Å². The highest BCUT2D eigenvalue weighted by molar-refractivity contribution is 8.76. The van der Waals surface area contributed by atoms with E-state index in [0.717, 1.165) is 11.8 Å². The average Bonchev–Trinajstić information content (AvgIpc) is 2.59. The first-order chi connectivity index (χ1) is 10.8. The van der Waals surface area contributed by atoms with Gasteiger partial charge < -0.3 is 9.80 Å². The van der Waals surface area contributed by atoms with Crippen molar-refractivity contribution in [2.24, 2.45) is 11.8 Å². The zero-order valence-corrected chi connectivity index (χ0v) is 16.4. The summed E-state index contributed by atoms with van der Waals surface area (Å²) >= 11 is 0. The average molecular weight is 345 g/mol. The van der Waals surface area contributed by atoms with Crippen LogP contribution in [0.1, 0.15) is 52.4 Å². The normalized spacial score (nSPS) is 23.2. The number of nitrogens with zero attached hydrogens (tertiary/aromatic N) is 2. The van der Waals surface area contributed by atoms with Crippen molar-refractivity contribution >= 4 is 21.6 Å². The molecular weight excluding hydrogens is 308 g/mol. The van der Waals surface area contributed by atoms with Gasteiger partial charge in [-0.05, 0) is 63.7 Å². The fourth-order valence-electron chi connectivity index (χ4n) is 3.69. The van der Waals surface area contributed by atoms with Crippen LogP contribution in [0.3, 0.4) is 0 Å². The summed E-state index contributed by atoms with van der Waals surface area (Å²) in [6.45, 7) is 12.7. The number of rotatable bonds is 9. The van der Waals surface area contributed by atoms with Gasteiger partial charge in [-0.3, -0.25) is 0 Å². The van der Waals surface area contributed by atoms with Crippen molar-refractivity contribution in [3.05, 3.63) is 0 Å². The predicted molar refractivity (Wildman–Crippen MR) is 104 cm³/mol. The molecule has 0 radical (unpaired) electrons. The van der Waals surface area contributed by atoms with Crippen LogP contribution in [-0.4, -0.2) is 60.6 Å². The van der Waals surface area contributed by atoms with Crippen LogP contribution in [0.15, 0.2) is 0 Å². The first-order valence-electron chi connectivity index (χ1n) is 9.51. The SMILES string of the molecule is CCC1CCN(CCSSCCN2CCC(CC)CC2)CC1. The van der Waals surface area contributed by atoms with E-state index in [1.807, 2.05) is 0 Å². The molecule has 0 bridgehead atoms. The van der Waals surface area contributed by atoms with E-state index < -0.39 is 0 Å². The Morgan fingerprint density at radius 1 is 0.682 bits per heavy atom. The molecular formula is C18H36N2S2. The quantitative estimate of drug-likeness (QED) is 0.445. The highest BCUT2D eigenvalue weighted by Crippen LogP contribution is 2.25. The van der Waals surface area contributed by atoms with Gasteiger partial charge in [0.2, 0.25) is 0 Å². The highest BCUT2D eigenvalue weighted by atomic mass is 33.1. The Morgan fingerprint density at radius 2 is 1.05 bits per heavy atom. The van der Waals surface area contributed by atoms with Crippen LogP contribution in [0.4, 0.5) is 0 Å². The van der Waals surface area contributed by atoms with E-state index in [1.165, 1.54) is 89.3 Å². The molecule has 0 saturated carbocycles. The summed E-state index contributed by atoms with van der Waals surface area (Å²) in [7, 11) is 4.19. The molecule has 0 unspecified atom stereocenters. The van der Waals surface area contributed by atoms with Gasteiger partial charge in [0.25, 0.3) is 0 Å². The molecule has 2 fully saturated rings. The molecule has 2 heterocycles. The summed E-state index contributed by atoms with van der Waals surface area (Å²) in [4.78, 5) is 5.35. The Balaban J connectivity index is 1.40. The molecule has 0 aromatic heterocycles. The van der Waals surface area contributed by atoms with Crippen molar-refractivity contribution in [2.75, 3.05) is 50.8 Å². The summed E-state index contributed by atoms with van der Waals surface area (Å²) in [6, 6.07) is 0. The van der Waals surface area contributed by atoms with Gasteiger partial charge in [0.05, 0.1) is 0 Å². The van der Waals surface area contributed by atoms with Crippen LogP contribution in [0.2, 0.25) is 0 Å². The maximum absolute atomic E-state index is 2.68. The first kappa shape index (κ1) is 19.0. The lowest BCUT2D eigenvalue weighted by molar-refractivity contribution is 0.191. The maximum Gasteiger partial charge on any atom is 0.0165 e. The molecule has 2 nitrogen and oxygen atoms in total. The standard InChI is InChI=1S/C18H36N2S2/c1-3-17-5-9-19(10-6-17)13-15-21-22-16-14-20-11-7-18(4-2)8-12-20/h17-18H,3-16H2,1-2H3. The number of hydrogen-bond acceptors (Lipinski definition) is 4. The molecule has 0 spiro atoms. The molecule has 4 heteroatoms. The van der Waals surface area contributed by atoms with Gasteiger partial charge in [0, 0.05) is 24.6 Å². The molecule has 2 aliphatic heterocycles. The van der Waals surface area contributed by atoms with Crippen LogP contribution in [0, 0.1) is 11.8 Å². The number of hydrogen-bond donors (Lipinski definition) is 0. The van der Waals surface area contributed by atoms with E-state index in [0.29, 0.717) is 0 Å². The molecule has 2 rings (SSSR count). The smallest absolute Gasteiger partial charge is 0.0165 e. The Kier molecular flexibility index (Phi) is 9.67. The third kappa shape index (κ3) is 7.02. The molecule has 0 N–H and O–H groups in total. The summed E-state index contributed by atoms with van der Waals surface area (Å²) < 4.78 is 0. The summed E-state index contributed by atoms with van der Waals surface area (Å²) in [6.07, 6.45) is 8.50. The van der Waals surface area contributed by atoms with E-state index in [1.54, 1.807) is 0 Å². The molecule has 0 amide bonds. The van der Waals surface area contributed by atoms with Crippen LogP contribution in [0.5, 0.6) is 0 Å². The molecule has 2 saturated heterocycles. The van der Waals surface area contributed by atoms with Crippen LogP contribution in [0.25, 0.3) is 0 Å². The summed E-state index contributed by atoms with van der Waals surface area (Å²) in [5.41, 5.74) is 0. The Bertz CT molecular complexity index is 244. The Morgan fingerprint density at radius 3 is 1.36 bits per heavy atom. The van der Waals surface area contributed by atoms with E-state index >= 15 is 0 Å². The predicted octanol–water partition coefficient (Wildman–Crippen LogP) is 4.61. The minimum absolute atomic E-state index is 1.01. The monoisotopic (exact) mass is 344 g/mol. The second-order valence-corrected chi connectivity index (χ2v) is 9.73. The molecule has 0 aliphatic carbocycles. The van der Waals surface area contributed by atoms with Crippen molar-refractivity contribution < 1.29 is 0 Å². The topological polar surface area (TPSA) is 6.48 Å². The van der Waals surface area contributed by atoms with Gasteiger partial charge in [-0.2, -0.15) is 0 Å². The lowest BCUT2D eigenvalue weighted by Crippen LogP contribution is -2.35. The fraction of sp³-hybridized carbons (Fsp3) is 1.00. The van der Waals surface area contributed by atoms with Gasteiger partial charge in [0.15, 0.2) is 0 Å². The number of likely N-dealkylation sites (tertiary alicyclic amines) is 2. The summed E-state index contributed by atoms with van der Waals surface area (Å²) in [5, 5.41) is 0. The van der Waals surface area contributed by atoms with Gasteiger partial charge in [-0.25, -0.2) is 0 Å². The third-order valence-electron chi connectivity index (χ3n) is 5.63. The van der Waals surface area contributed by atoms with Gasteiger partial charge in [0.1, 0.15) is 0 Å². The zero-order chi connectivity index (χ0) is 15.6. The molecule has 2 aliphatic rings. The van der Waals surface area contributed by atoms with Crippen molar-refractivity contribution in [3.8, 4) is 0 Å². The Labute approximate surface area is 146 Å². The number of piperidine rings is 2. The first-order valence-corrected chi connectivity index (χ1v) is 12.0. The second kappa shape index (κ2) is 11.2. The van der Waals surface area contributed by atoms with Crippen LogP contribution >= 0.6 is 21.6 Å². The maximum atomic E-state index is 2.68. The molecule has 22 heavy (non-hydrogen) atoms. The molecule has 130 valence electrons. The van der Waals surface area contributed by atoms with E-state index in [4.69, 9.17) is 0 Å². The van der Waals surface area contributed by atoms with Gasteiger partial charge in [-0.1, -0.05) is 48.3 Å². The molecule has 0 atom stereocenters. The van der Waals surface area contributed by atoms with Crippen molar-refractivity contribution in [1.82, 2.24) is 9.80 Å². The van der Waals surface area contributed by atoms with Crippen LogP contribution in [-0.2, 0) is 0 Å². The van der Waals surface area contributed by atoms with Gasteiger partial charge in [-0.15, -0.1) is 0 Å². The van der Waals surface area contributed by atoms with E-state index in [9.17, 15) is 0 Å². The fourth-order valence-corrected chi connectivity index (χ4v) is 5.74. The minimum atomic E-state index is 1.01. The second-order valence-electron chi connectivity index (χ2n) is 7.03. The minimum Gasteiger partial charge on any atom is -0.302 e.